The summed E-state index contributed by atoms with van der Waals surface area (Å²) in [5.74, 6) is -0.678. The highest BCUT2D eigenvalue weighted by Crippen LogP contribution is 2.18. The normalized spacial score (nSPS) is 16.4. The smallest absolute Gasteiger partial charge is 0.338 e. The van der Waals surface area contributed by atoms with Gasteiger partial charge in [0.15, 0.2) is 0 Å². The average Bonchev–Trinajstić information content (AvgIpc) is 2.42. The zero-order chi connectivity index (χ0) is 13.8. The molecule has 0 aromatic heterocycles. The number of carbonyl (C=O) groups is 1. The molecule has 0 aliphatic carbocycles. The zero-order valence-corrected chi connectivity index (χ0v) is 11.3. The molecule has 0 unspecified atom stereocenters. The fraction of sp³-hybridized carbons (Fsp3) is 0.500. The van der Waals surface area contributed by atoms with Crippen molar-refractivity contribution < 1.29 is 13.9 Å². The van der Waals surface area contributed by atoms with E-state index < -0.39 is 5.97 Å². The van der Waals surface area contributed by atoms with E-state index in [1.165, 1.54) is 13.2 Å². The number of benzene rings is 1. The standard InChI is InChI=1S/C14H19FN2O2/c1-10-7-13(15)11(8-12(10)14(18)19-2)9-17-5-3-16-4-6-17/h7-8,16H,3-6,9H2,1-2H3. The lowest BCUT2D eigenvalue weighted by atomic mass is 10.0. The van der Waals surface area contributed by atoms with Gasteiger partial charge in [0.25, 0.3) is 0 Å². The predicted octanol–water partition coefficient (Wildman–Crippen LogP) is 1.33. The van der Waals surface area contributed by atoms with Gasteiger partial charge in [-0.05, 0) is 24.6 Å². The van der Waals surface area contributed by atoms with Gasteiger partial charge in [0.1, 0.15) is 5.82 Å². The molecule has 1 N–H and O–H groups in total. The largest absolute Gasteiger partial charge is 0.465 e. The van der Waals surface area contributed by atoms with Gasteiger partial charge < -0.3 is 10.1 Å². The molecule has 1 aromatic rings. The molecule has 0 amide bonds. The maximum Gasteiger partial charge on any atom is 0.338 e. The molecule has 4 nitrogen and oxygen atoms in total. The van der Waals surface area contributed by atoms with Gasteiger partial charge in [-0.25, -0.2) is 9.18 Å². The van der Waals surface area contributed by atoms with Crippen LogP contribution in [0.2, 0.25) is 0 Å². The molecule has 0 spiro atoms. The van der Waals surface area contributed by atoms with Crippen molar-refractivity contribution >= 4 is 5.97 Å². The van der Waals surface area contributed by atoms with Gasteiger partial charge in [-0.1, -0.05) is 0 Å². The number of carbonyl (C=O) groups excluding carboxylic acids is 1. The highest BCUT2D eigenvalue weighted by Gasteiger charge is 2.17. The maximum absolute atomic E-state index is 14.0. The van der Waals surface area contributed by atoms with Gasteiger partial charge >= 0.3 is 5.97 Å². The van der Waals surface area contributed by atoms with Gasteiger partial charge in [0.2, 0.25) is 0 Å². The summed E-state index contributed by atoms with van der Waals surface area (Å²) >= 11 is 0. The first kappa shape index (κ1) is 14.0. The van der Waals surface area contributed by atoms with Crippen LogP contribution in [0.1, 0.15) is 21.5 Å². The molecule has 1 heterocycles. The van der Waals surface area contributed by atoms with Crippen LogP contribution in [0.3, 0.4) is 0 Å². The summed E-state index contributed by atoms with van der Waals surface area (Å²) in [5, 5.41) is 3.25. The third-order valence-corrected chi connectivity index (χ3v) is 3.40. The molecule has 1 aromatic carbocycles. The minimum Gasteiger partial charge on any atom is -0.465 e. The summed E-state index contributed by atoms with van der Waals surface area (Å²) in [6.45, 7) is 5.85. The quantitative estimate of drug-likeness (QED) is 0.838. The molecule has 1 aliphatic rings. The van der Waals surface area contributed by atoms with Crippen molar-refractivity contribution in [3.8, 4) is 0 Å². The van der Waals surface area contributed by atoms with Crippen LogP contribution >= 0.6 is 0 Å². The molecule has 0 saturated carbocycles. The maximum atomic E-state index is 14.0. The summed E-state index contributed by atoms with van der Waals surface area (Å²) in [5.41, 5.74) is 1.59. The van der Waals surface area contributed by atoms with Crippen molar-refractivity contribution in [1.82, 2.24) is 10.2 Å². The Labute approximate surface area is 112 Å². The van der Waals surface area contributed by atoms with Gasteiger partial charge in [-0.15, -0.1) is 0 Å². The average molecular weight is 266 g/mol. The Hall–Kier alpha value is -1.46. The first-order chi connectivity index (χ1) is 9.11. The highest BCUT2D eigenvalue weighted by molar-refractivity contribution is 5.91. The molecule has 1 fully saturated rings. The Bertz CT molecular complexity index is 471. The van der Waals surface area contributed by atoms with Gasteiger partial charge in [-0.2, -0.15) is 0 Å². The van der Waals surface area contributed by atoms with Crippen LogP contribution < -0.4 is 5.32 Å². The van der Waals surface area contributed by atoms with Crippen molar-refractivity contribution in [2.24, 2.45) is 0 Å². The number of hydrogen-bond acceptors (Lipinski definition) is 4. The molecule has 0 bridgehead atoms. The number of halogens is 1. The Balaban J connectivity index is 2.21. The topological polar surface area (TPSA) is 41.6 Å². The third-order valence-electron chi connectivity index (χ3n) is 3.40. The molecule has 2 rings (SSSR count). The molecule has 1 aliphatic heterocycles. The number of ether oxygens (including phenoxy) is 1. The molecule has 0 radical (unpaired) electrons. The number of piperazine rings is 1. The summed E-state index contributed by atoms with van der Waals surface area (Å²) in [6, 6.07) is 3.02. The number of hydrogen-bond donors (Lipinski definition) is 1. The second-order valence-corrected chi connectivity index (χ2v) is 4.78. The summed E-state index contributed by atoms with van der Waals surface area (Å²) in [4.78, 5) is 13.8. The monoisotopic (exact) mass is 266 g/mol. The first-order valence-electron chi connectivity index (χ1n) is 6.42. The minimum atomic E-state index is -0.418. The highest BCUT2D eigenvalue weighted by atomic mass is 19.1. The van der Waals surface area contributed by atoms with E-state index in [1.807, 2.05) is 0 Å². The Morgan fingerprint density at radius 2 is 2.11 bits per heavy atom. The van der Waals surface area contributed by atoms with Crippen LogP contribution in [0.15, 0.2) is 12.1 Å². The van der Waals surface area contributed by atoms with Crippen LogP contribution in [0, 0.1) is 12.7 Å². The van der Waals surface area contributed by atoms with E-state index in [2.05, 4.69) is 10.2 Å². The molecule has 5 heteroatoms. The fourth-order valence-electron chi connectivity index (χ4n) is 2.28. The SMILES string of the molecule is COC(=O)c1cc(CN2CCNCC2)c(F)cc1C. The molecule has 1 saturated heterocycles. The van der Waals surface area contributed by atoms with Gasteiger partial charge in [0.05, 0.1) is 12.7 Å². The Kier molecular flexibility index (Phi) is 4.50. The van der Waals surface area contributed by atoms with E-state index >= 15 is 0 Å². The van der Waals surface area contributed by atoms with Crippen LogP contribution in [-0.2, 0) is 11.3 Å². The van der Waals surface area contributed by atoms with Crippen LogP contribution in [0.5, 0.6) is 0 Å². The van der Waals surface area contributed by atoms with Crippen molar-refractivity contribution in [2.75, 3.05) is 33.3 Å². The van der Waals surface area contributed by atoms with E-state index in [0.29, 0.717) is 23.2 Å². The molecular weight excluding hydrogens is 247 g/mol. The van der Waals surface area contributed by atoms with E-state index in [1.54, 1.807) is 13.0 Å². The van der Waals surface area contributed by atoms with E-state index in [0.717, 1.165) is 26.2 Å². The van der Waals surface area contributed by atoms with Crippen LogP contribution in [0.4, 0.5) is 4.39 Å². The second-order valence-electron chi connectivity index (χ2n) is 4.78. The number of esters is 1. The number of aryl methyl sites for hydroxylation is 1. The third kappa shape index (κ3) is 3.30. The van der Waals surface area contributed by atoms with E-state index in [9.17, 15) is 9.18 Å². The van der Waals surface area contributed by atoms with Crippen molar-refractivity contribution in [3.63, 3.8) is 0 Å². The number of nitrogens with zero attached hydrogens (tertiary/aromatic N) is 1. The second kappa shape index (κ2) is 6.12. The van der Waals surface area contributed by atoms with Crippen molar-refractivity contribution in [2.45, 2.75) is 13.5 Å². The predicted molar refractivity (Wildman–Crippen MR) is 70.6 cm³/mol. The zero-order valence-electron chi connectivity index (χ0n) is 11.3. The minimum absolute atomic E-state index is 0.260. The van der Waals surface area contributed by atoms with Gasteiger partial charge in [-0.3, -0.25) is 4.90 Å². The summed E-state index contributed by atoms with van der Waals surface area (Å²) < 4.78 is 18.7. The Morgan fingerprint density at radius 3 is 2.74 bits per heavy atom. The summed E-state index contributed by atoms with van der Waals surface area (Å²) in [6.07, 6.45) is 0. The molecular formula is C14H19FN2O2. The Morgan fingerprint density at radius 1 is 1.42 bits per heavy atom. The fourth-order valence-corrected chi connectivity index (χ4v) is 2.28. The van der Waals surface area contributed by atoms with Crippen molar-refractivity contribution in [3.05, 3.63) is 34.6 Å². The number of rotatable bonds is 3. The van der Waals surface area contributed by atoms with Gasteiger partial charge in [0, 0.05) is 38.3 Å². The number of nitrogens with one attached hydrogen (secondary N) is 1. The van der Waals surface area contributed by atoms with E-state index in [4.69, 9.17) is 4.74 Å². The van der Waals surface area contributed by atoms with E-state index in [-0.39, 0.29) is 5.82 Å². The van der Waals surface area contributed by atoms with Crippen molar-refractivity contribution in [1.29, 1.82) is 0 Å². The lowest BCUT2D eigenvalue weighted by Gasteiger charge is -2.27. The molecule has 19 heavy (non-hydrogen) atoms. The lowest BCUT2D eigenvalue weighted by molar-refractivity contribution is 0.0599. The first-order valence-corrected chi connectivity index (χ1v) is 6.42. The molecule has 0 atom stereocenters. The summed E-state index contributed by atoms with van der Waals surface area (Å²) in [7, 11) is 1.33. The lowest BCUT2D eigenvalue weighted by Crippen LogP contribution is -2.43. The number of methoxy groups -OCH3 is 1. The molecule has 104 valence electrons. The van der Waals surface area contributed by atoms with Crippen LogP contribution in [-0.4, -0.2) is 44.2 Å². The van der Waals surface area contributed by atoms with Crippen LogP contribution in [0.25, 0.3) is 0 Å².